The molecule has 0 amide bonds. The van der Waals surface area contributed by atoms with E-state index in [4.69, 9.17) is 0 Å². The molecule has 1 aliphatic rings. The first-order valence-corrected chi connectivity index (χ1v) is 15.6. The van der Waals surface area contributed by atoms with Crippen molar-refractivity contribution in [1.29, 1.82) is 0 Å². The average Bonchev–Trinajstić information content (AvgIpc) is 3.47. The molecule has 1 N–H and O–H groups in total. The van der Waals surface area contributed by atoms with Crippen LogP contribution in [-0.4, -0.2) is 56.3 Å². The zero-order valence-electron chi connectivity index (χ0n) is 24.0. The maximum Gasteiger partial charge on any atom is 0.269 e. The first-order valence-electron chi connectivity index (χ1n) is 14.2. The lowest BCUT2D eigenvalue weighted by atomic mass is 10.0. The van der Waals surface area contributed by atoms with Gasteiger partial charge in [0.05, 0.1) is 15.5 Å². The Balaban J connectivity index is 0.00000180. The number of benzene rings is 2. The summed E-state index contributed by atoms with van der Waals surface area (Å²) in [6, 6.07) is 20.6. The van der Waals surface area contributed by atoms with Gasteiger partial charge < -0.3 is 5.32 Å². The van der Waals surface area contributed by atoms with Crippen molar-refractivity contribution in [3.05, 3.63) is 107 Å². The molecule has 1 saturated heterocycles. The highest BCUT2D eigenvalue weighted by molar-refractivity contribution is 7.90. The predicted octanol–water partition coefficient (Wildman–Crippen LogP) is 5.74. The Morgan fingerprint density at radius 3 is 2.51 bits per heavy atom. The quantitative estimate of drug-likeness (QED) is 0.175. The van der Waals surface area contributed by atoms with Crippen LogP contribution in [0.4, 0.5) is 11.5 Å². The van der Waals surface area contributed by atoms with Crippen LogP contribution in [0.1, 0.15) is 32.3 Å². The second-order valence-electron chi connectivity index (χ2n) is 10.00. The fourth-order valence-electron chi connectivity index (χ4n) is 5.14. The molecule has 222 valence electrons. The predicted molar refractivity (Wildman–Crippen MR) is 166 cm³/mol. The Hall–Kier alpha value is -4.68. The van der Waals surface area contributed by atoms with E-state index in [-0.39, 0.29) is 21.5 Å². The molecule has 4 heterocycles. The number of non-ortho nitro benzene ring substituents is 1. The van der Waals surface area contributed by atoms with Crippen LogP contribution in [0.2, 0.25) is 0 Å². The molecule has 2 aromatic carbocycles. The van der Waals surface area contributed by atoms with Crippen LogP contribution in [0.15, 0.2) is 96.4 Å². The van der Waals surface area contributed by atoms with E-state index in [0.29, 0.717) is 22.5 Å². The zero-order chi connectivity index (χ0) is 30.4. The van der Waals surface area contributed by atoms with Gasteiger partial charge in [0, 0.05) is 60.7 Å². The number of fused-ring (bicyclic) bond motifs is 1. The Labute approximate surface area is 250 Å². The van der Waals surface area contributed by atoms with Crippen molar-refractivity contribution >= 4 is 32.6 Å². The fourth-order valence-corrected chi connectivity index (χ4v) is 6.47. The lowest BCUT2D eigenvalue weighted by molar-refractivity contribution is -0.384. The molecule has 11 nitrogen and oxygen atoms in total. The minimum atomic E-state index is -3.77. The van der Waals surface area contributed by atoms with E-state index in [1.807, 2.05) is 38.1 Å². The van der Waals surface area contributed by atoms with Crippen molar-refractivity contribution in [2.75, 3.05) is 18.4 Å². The van der Waals surface area contributed by atoms with E-state index in [0.717, 1.165) is 43.6 Å². The fraction of sp³-hybridized carbons (Fsp3) is 0.258. The molecular formula is C31H33N7O4S. The number of nitrogens with zero attached hydrogens (tertiary/aromatic N) is 6. The molecule has 1 fully saturated rings. The summed E-state index contributed by atoms with van der Waals surface area (Å²) >= 11 is 0. The molecule has 12 heteroatoms. The standard InChI is InChI=1S/C29H27N7O4S.C2H6/c37-36(38)25-10-8-21(9-11-25)18-34-13-4-5-24(19-34)33-28-16-27(31-20-32-28)23-15-22-12-14-35(29(22)30-17-23)41(39,40)26-6-2-1-3-7-26;1-2/h1-3,6-12,14-17,20,24H,4-5,13,18-19H2,(H,31,32,33);1-2H3. The second-order valence-corrected chi connectivity index (χ2v) is 11.8. The number of nitrogens with one attached hydrogen (secondary N) is 1. The molecule has 0 aliphatic carbocycles. The molecule has 5 aromatic rings. The number of rotatable bonds is 8. The van der Waals surface area contributed by atoms with Gasteiger partial charge in [-0.05, 0) is 49.2 Å². The normalized spacial score (nSPS) is 15.4. The van der Waals surface area contributed by atoms with Crippen LogP contribution in [0, 0.1) is 10.1 Å². The molecule has 1 unspecified atom stereocenters. The van der Waals surface area contributed by atoms with Crippen LogP contribution >= 0.6 is 0 Å². The zero-order valence-corrected chi connectivity index (χ0v) is 24.8. The third-order valence-electron chi connectivity index (χ3n) is 7.17. The van der Waals surface area contributed by atoms with Crippen LogP contribution < -0.4 is 5.32 Å². The van der Waals surface area contributed by atoms with Crippen LogP contribution in [0.25, 0.3) is 22.3 Å². The Kier molecular flexibility index (Phi) is 9.07. The minimum Gasteiger partial charge on any atom is -0.366 e. The summed E-state index contributed by atoms with van der Waals surface area (Å²) in [4.78, 5) is 26.4. The van der Waals surface area contributed by atoms with Crippen LogP contribution in [-0.2, 0) is 16.6 Å². The summed E-state index contributed by atoms with van der Waals surface area (Å²) in [7, 11) is -3.77. The number of likely N-dealkylation sites (tertiary alicyclic amines) is 1. The van der Waals surface area contributed by atoms with Crippen molar-refractivity contribution in [2.24, 2.45) is 0 Å². The summed E-state index contributed by atoms with van der Waals surface area (Å²) in [5, 5.41) is 15.1. The van der Waals surface area contributed by atoms with Crippen molar-refractivity contribution in [3.63, 3.8) is 0 Å². The highest BCUT2D eigenvalue weighted by Crippen LogP contribution is 2.26. The van der Waals surface area contributed by atoms with Gasteiger partial charge in [0.25, 0.3) is 15.7 Å². The third kappa shape index (κ3) is 6.71. The monoisotopic (exact) mass is 599 g/mol. The SMILES string of the molecule is CC.O=[N+]([O-])c1ccc(CN2CCCC(Nc3cc(-c4cnc5c(ccn5S(=O)(=O)c5ccccc5)c4)ncn3)C2)cc1. The molecule has 43 heavy (non-hydrogen) atoms. The Morgan fingerprint density at radius 1 is 1.00 bits per heavy atom. The highest BCUT2D eigenvalue weighted by Gasteiger charge is 2.22. The maximum atomic E-state index is 13.1. The smallest absolute Gasteiger partial charge is 0.269 e. The molecule has 0 saturated carbocycles. The number of nitro benzene ring substituents is 1. The molecular weight excluding hydrogens is 566 g/mol. The molecule has 1 atom stereocenters. The number of hydrogen-bond donors (Lipinski definition) is 1. The van der Waals surface area contributed by atoms with Gasteiger partial charge in [-0.25, -0.2) is 27.3 Å². The lowest BCUT2D eigenvalue weighted by Crippen LogP contribution is -2.41. The molecule has 1 aliphatic heterocycles. The highest BCUT2D eigenvalue weighted by atomic mass is 32.2. The first kappa shape index (κ1) is 29.8. The van der Waals surface area contributed by atoms with Crippen molar-refractivity contribution < 1.29 is 13.3 Å². The minimum absolute atomic E-state index is 0.0932. The molecule has 0 spiro atoms. The number of pyridine rings is 1. The number of aromatic nitrogens is 4. The largest absolute Gasteiger partial charge is 0.366 e. The Bertz CT molecular complexity index is 1810. The van der Waals surface area contributed by atoms with Crippen LogP contribution in [0.3, 0.4) is 0 Å². The van der Waals surface area contributed by atoms with Gasteiger partial charge in [0.15, 0.2) is 5.65 Å². The number of anilines is 1. The topological polar surface area (TPSA) is 136 Å². The summed E-state index contributed by atoms with van der Waals surface area (Å²) in [5.41, 5.74) is 2.90. The molecule has 6 rings (SSSR count). The number of hydrogen-bond acceptors (Lipinski definition) is 9. The van der Waals surface area contributed by atoms with Gasteiger partial charge in [0.2, 0.25) is 0 Å². The first-order chi connectivity index (χ1) is 20.9. The summed E-state index contributed by atoms with van der Waals surface area (Å²) in [6.07, 6.45) is 6.66. The van der Waals surface area contributed by atoms with Gasteiger partial charge in [-0.2, -0.15) is 0 Å². The van der Waals surface area contributed by atoms with E-state index >= 15 is 0 Å². The van der Waals surface area contributed by atoms with E-state index in [9.17, 15) is 18.5 Å². The van der Waals surface area contributed by atoms with Gasteiger partial charge >= 0.3 is 0 Å². The van der Waals surface area contributed by atoms with Gasteiger partial charge in [-0.1, -0.05) is 44.2 Å². The summed E-state index contributed by atoms with van der Waals surface area (Å²) < 4.78 is 27.4. The number of piperidine rings is 1. The number of nitro groups is 1. The second kappa shape index (κ2) is 13.1. The molecule has 0 radical (unpaired) electrons. The third-order valence-corrected chi connectivity index (χ3v) is 8.85. The van der Waals surface area contributed by atoms with Crippen molar-refractivity contribution in [3.8, 4) is 11.3 Å². The lowest BCUT2D eigenvalue weighted by Gasteiger charge is -2.33. The molecule has 0 bridgehead atoms. The summed E-state index contributed by atoms with van der Waals surface area (Å²) in [5.74, 6) is 0.696. The van der Waals surface area contributed by atoms with Gasteiger partial charge in [0.1, 0.15) is 12.1 Å². The maximum absolute atomic E-state index is 13.1. The average molecular weight is 600 g/mol. The Morgan fingerprint density at radius 2 is 1.77 bits per heavy atom. The van der Waals surface area contributed by atoms with E-state index in [1.165, 1.54) is 16.5 Å². The van der Waals surface area contributed by atoms with Gasteiger partial charge in [-0.15, -0.1) is 0 Å². The van der Waals surface area contributed by atoms with E-state index < -0.39 is 10.0 Å². The van der Waals surface area contributed by atoms with Gasteiger partial charge in [-0.3, -0.25) is 15.0 Å². The molecule has 3 aromatic heterocycles. The van der Waals surface area contributed by atoms with Crippen molar-refractivity contribution in [2.45, 2.75) is 44.2 Å². The van der Waals surface area contributed by atoms with Crippen LogP contribution in [0.5, 0.6) is 0 Å². The van der Waals surface area contributed by atoms with E-state index in [2.05, 4.69) is 25.2 Å². The summed E-state index contributed by atoms with van der Waals surface area (Å²) in [6.45, 7) is 6.49. The van der Waals surface area contributed by atoms with E-state index in [1.54, 1.807) is 54.7 Å². The van der Waals surface area contributed by atoms with Crippen molar-refractivity contribution in [1.82, 2.24) is 23.8 Å².